The van der Waals surface area contributed by atoms with Gasteiger partial charge in [0.05, 0.1) is 0 Å². The molecule has 4 heteroatoms. The molecule has 0 aromatic heterocycles. The molecular weight excluding hydrogens is 534 g/mol. The van der Waals surface area contributed by atoms with Crippen molar-refractivity contribution in [1.82, 2.24) is 0 Å². The average molecular weight is 568 g/mol. The largest absolute Gasteiger partial charge is 4.00 e. The molecule has 0 aliphatic carbocycles. The summed E-state index contributed by atoms with van der Waals surface area (Å²) < 4.78 is 0. The Morgan fingerprint density at radius 3 is 0.463 bits per heavy atom. The van der Waals surface area contributed by atoms with E-state index in [9.17, 15) is 0 Å². The molecule has 0 saturated heterocycles. The van der Waals surface area contributed by atoms with Crippen LogP contribution in [0, 0.1) is 7.43 Å². The number of rotatable bonds is 6. The van der Waals surface area contributed by atoms with Gasteiger partial charge in [0, 0.05) is 0 Å². The summed E-state index contributed by atoms with van der Waals surface area (Å²) in [7, 11) is 0. The average Bonchev–Trinajstić information content (AvgIpc) is 3.01. The van der Waals surface area contributed by atoms with Gasteiger partial charge < -0.3 is 23.4 Å². The van der Waals surface area contributed by atoms with Crippen molar-refractivity contribution in [1.29, 1.82) is 0 Å². The Kier molecular flexibility index (Phi) is 15.5. The molecule has 0 fully saturated rings. The second-order valence-corrected chi connectivity index (χ2v) is 8.35. The SMILES string of the molecule is [CH3-].[Ti+4].c1ccc([N-]c2ccccc2)cc1.c1ccc([N-]c2ccccc2)cc1.c1ccc([N-]c2ccccc2)cc1. The first-order chi connectivity index (χ1) is 19.3. The fourth-order valence-corrected chi connectivity index (χ4v) is 3.46. The summed E-state index contributed by atoms with van der Waals surface area (Å²) in [6.07, 6.45) is 0. The predicted molar refractivity (Wildman–Crippen MR) is 173 cm³/mol. The second kappa shape index (κ2) is 19.5. The molecule has 6 aromatic rings. The zero-order valence-electron chi connectivity index (χ0n) is 23.2. The Bertz CT molecular complexity index is 1140. The Balaban J connectivity index is 0.000000210. The van der Waals surface area contributed by atoms with E-state index in [4.69, 9.17) is 0 Å². The molecule has 0 N–H and O–H groups in total. The van der Waals surface area contributed by atoms with Crippen molar-refractivity contribution in [3.8, 4) is 0 Å². The summed E-state index contributed by atoms with van der Waals surface area (Å²) in [5.74, 6) is 0. The molecule has 200 valence electrons. The number of hydrogen-bond donors (Lipinski definition) is 0. The smallest absolute Gasteiger partial charge is 0.658 e. The van der Waals surface area contributed by atoms with Crippen LogP contribution in [0.3, 0.4) is 0 Å². The first-order valence-electron chi connectivity index (χ1n) is 12.8. The van der Waals surface area contributed by atoms with Gasteiger partial charge in [-0.05, 0) is 0 Å². The first kappa shape index (κ1) is 32.6. The monoisotopic (exact) mass is 567 g/mol. The first-order valence-corrected chi connectivity index (χ1v) is 12.8. The van der Waals surface area contributed by atoms with E-state index in [2.05, 4.69) is 16.0 Å². The second-order valence-electron chi connectivity index (χ2n) is 8.35. The quantitative estimate of drug-likeness (QED) is 0.142. The minimum atomic E-state index is 0. The van der Waals surface area contributed by atoms with Gasteiger partial charge in [-0.1, -0.05) is 182 Å². The molecule has 0 bridgehead atoms. The standard InChI is InChI=1S/3C12H10N.CH3.Ti/c3*1-3-7-11(8-4-1)13-12-9-5-2-6-10-12;;/h3*1-10H;1H3;/q4*-1;+4. The molecule has 41 heavy (non-hydrogen) atoms. The number of nitrogens with zero attached hydrogens (tertiary/aromatic N) is 3. The van der Waals surface area contributed by atoms with Gasteiger partial charge in [-0.15, -0.1) is 34.1 Å². The fraction of sp³-hybridized carbons (Fsp3) is 0. The maximum Gasteiger partial charge on any atom is 4.00 e. The van der Waals surface area contributed by atoms with Gasteiger partial charge in [0.2, 0.25) is 0 Å². The molecule has 3 nitrogen and oxygen atoms in total. The topological polar surface area (TPSA) is 42.3 Å². The van der Waals surface area contributed by atoms with E-state index in [-0.39, 0.29) is 29.1 Å². The summed E-state index contributed by atoms with van der Waals surface area (Å²) in [4.78, 5) is 0. The van der Waals surface area contributed by atoms with E-state index < -0.39 is 0 Å². The molecule has 0 atom stereocenters. The molecule has 0 heterocycles. The minimum Gasteiger partial charge on any atom is -0.658 e. The molecule has 0 aliphatic rings. The van der Waals surface area contributed by atoms with Gasteiger partial charge in [-0.25, -0.2) is 0 Å². The van der Waals surface area contributed by atoms with Crippen molar-refractivity contribution in [2.75, 3.05) is 0 Å². The molecule has 0 aliphatic heterocycles. The van der Waals surface area contributed by atoms with Gasteiger partial charge in [-0.2, -0.15) is 0 Å². The van der Waals surface area contributed by atoms with E-state index in [1.54, 1.807) is 0 Å². The predicted octanol–water partition coefficient (Wildman–Crippen LogP) is 12.5. The van der Waals surface area contributed by atoms with Crippen LogP contribution in [0.25, 0.3) is 16.0 Å². The molecule has 6 rings (SSSR count). The van der Waals surface area contributed by atoms with E-state index in [1.807, 2.05) is 182 Å². The summed E-state index contributed by atoms with van der Waals surface area (Å²) in [5, 5.41) is 13.3. The molecular formula is C37H33N3Ti. The van der Waals surface area contributed by atoms with Crippen molar-refractivity contribution < 1.29 is 21.7 Å². The molecule has 0 spiro atoms. The maximum absolute atomic E-state index is 4.44. The van der Waals surface area contributed by atoms with Crippen molar-refractivity contribution in [3.05, 3.63) is 205 Å². The van der Waals surface area contributed by atoms with Crippen LogP contribution in [0.4, 0.5) is 34.1 Å². The van der Waals surface area contributed by atoms with Crippen molar-refractivity contribution in [3.63, 3.8) is 0 Å². The molecule has 0 unspecified atom stereocenters. The zero-order chi connectivity index (χ0) is 26.8. The van der Waals surface area contributed by atoms with Crippen LogP contribution in [0.1, 0.15) is 0 Å². The Hall–Kier alpha value is -4.57. The number of hydrogen-bond acceptors (Lipinski definition) is 0. The van der Waals surface area contributed by atoms with E-state index >= 15 is 0 Å². The third-order valence-corrected chi connectivity index (χ3v) is 5.31. The van der Waals surface area contributed by atoms with Crippen molar-refractivity contribution in [2.24, 2.45) is 0 Å². The number of para-hydroxylation sites is 6. The maximum atomic E-state index is 4.44. The van der Waals surface area contributed by atoms with E-state index in [0.717, 1.165) is 34.1 Å². The molecule has 6 aromatic carbocycles. The van der Waals surface area contributed by atoms with Crippen molar-refractivity contribution in [2.45, 2.75) is 0 Å². The van der Waals surface area contributed by atoms with Crippen LogP contribution in [0.5, 0.6) is 0 Å². The van der Waals surface area contributed by atoms with Crippen LogP contribution < -0.4 is 0 Å². The van der Waals surface area contributed by atoms with Gasteiger partial charge >= 0.3 is 21.7 Å². The zero-order valence-corrected chi connectivity index (χ0v) is 24.7. The third kappa shape index (κ3) is 12.9. The van der Waals surface area contributed by atoms with Crippen LogP contribution in [-0.2, 0) is 21.7 Å². The molecule has 0 saturated carbocycles. The summed E-state index contributed by atoms with van der Waals surface area (Å²) in [5.41, 5.74) is 5.97. The Morgan fingerprint density at radius 1 is 0.220 bits per heavy atom. The van der Waals surface area contributed by atoms with Crippen LogP contribution in [0.15, 0.2) is 182 Å². The van der Waals surface area contributed by atoms with Gasteiger partial charge in [0.1, 0.15) is 0 Å². The third-order valence-electron chi connectivity index (χ3n) is 5.31. The molecule has 0 amide bonds. The summed E-state index contributed by atoms with van der Waals surface area (Å²) in [6, 6.07) is 59.7. The minimum absolute atomic E-state index is 0. The Labute approximate surface area is 260 Å². The van der Waals surface area contributed by atoms with E-state index in [0.29, 0.717) is 0 Å². The van der Waals surface area contributed by atoms with Gasteiger partial charge in [-0.3, -0.25) is 0 Å². The normalized spacial score (nSPS) is 9.07. The van der Waals surface area contributed by atoms with Gasteiger partial charge in [0.15, 0.2) is 0 Å². The molecule has 0 radical (unpaired) electrons. The van der Waals surface area contributed by atoms with Crippen LogP contribution in [-0.4, -0.2) is 0 Å². The summed E-state index contributed by atoms with van der Waals surface area (Å²) in [6.45, 7) is 0. The van der Waals surface area contributed by atoms with Gasteiger partial charge in [0.25, 0.3) is 0 Å². The van der Waals surface area contributed by atoms with Crippen LogP contribution in [0.2, 0.25) is 0 Å². The summed E-state index contributed by atoms with van der Waals surface area (Å²) >= 11 is 0. The fourth-order valence-electron chi connectivity index (χ4n) is 3.46. The van der Waals surface area contributed by atoms with Crippen molar-refractivity contribution >= 4 is 34.1 Å². The Morgan fingerprint density at radius 2 is 0.341 bits per heavy atom. The van der Waals surface area contributed by atoms with E-state index in [1.165, 1.54) is 0 Å². The number of benzene rings is 6. The van der Waals surface area contributed by atoms with Crippen LogP contribution >= 0.6 is 0 Å².